The number of aliphatic hydroxyl groups is 1. The van der Waals surface area contributed by atoms with Crippen molar-refractivity contribution in [3.05, 3.63) is 12.7 Å². The largest absolute Gasteiger partial charge is 0.467 e. The fourth-order valence-electron chi connectivity index (χ4n) is 3.57. The van der Waals surface area contributed by atoms with Crippen molar-refractivity contribution in [3.8, 4) is 0 Å². The highest BCUT2D eigenvalue weighted by molar-refractivity contribution is 6.74. The van der Waals surface area contributed by atoms with E-state index in [4.69, 9.17) is 13.9 Å². The van der Waals surface area contributed by atoms with Crippen LogP contribution < -0.4 is 0 Å². The lowest BCUT2D eigenvalue weighted by Crippen LogP contribution is -2.52. The number of ether oxygens (including phenoxy) is 2. The molecule has 1 aliphatic rings. The first kappa shape index (κ1) is 26.7. The molecule has 8 heteroatoms. The Bertz CT molecular complexity index is 637. The van der Waals surface area contributed by atoms with Crippen molar-refractivity contribution in [2.45, 2.75) is 90.3 Å². The second-order valence-corrected chi connectivity index (χ2v) is 15.5. The number of β-amino-alcohol motifs (C(OH)–C–C–N with tert-alkyl or cyclic N) is 1. The topological polar surface area (TPSA) is 85.3 Å². The number of carbonyl (C=O) groups is 2. The minimum Gasteiger partial charge on any atom is -0.467 e. The summed E-state index contributed by atoms with van der Waals surface area (Å²) in [6.45, 7) is 20.2. The summed E-state index contributed by atoms with van der Waals surface area (Å²) in [4.78, 5) is 26.9. The highest BCUT2D eigenvalue weighted by atomic mass is 28.4. The Morgan fingerprint density at radius 1 is 1.23 bits per heavy atom. The van der Waals surface area contributed by atoms with Crippen molar-refractivity contribution in [2.24, 2.45) is 5.41 Å². The van der Waals surface area contributed by atoms with Gasteiger partial charge >= 0.3 is 12.1 Å². The molecule has 0 radical (unpaired) electrons. The predicted octanol–water partition coefficient (Wildman–Crippen LogP) is 4.11. The van der Waals surface area contributed by atoms with Crippen LogP contribution in [-0.4, -0.2) is 68.4 Å². The minimum absolute atomic E-state index is 0.0113. The highest BCUT2D eigenvalue weighted by Crippen LogP contribution is 2.46. The van der Waals surface area contributed by atoms with Gasteiger partial charge in [0, 0.05) is 12.0 Å². The van der Waals surface area contributed by atoms with Crippen LogP contribution in [0.1, 0.15) is 54.4 Å². The van der Waals surface area contributed by atoms with Crippen molar-refractivity contribution in [2.75, 3.05) is 20.3 Å². The first-order valence-corrected chi connectivity index (χ1v) is 13.4. The SMILES string of the molecule is C=CC[C@]1(CCO[Si](C)(C)C(C)(C)C)C(O)CN(C(=O)OC(C)(C)C)[C@@H]1C(=O)OC. The molecule has 1 unspecified atom stereocenters. The Hall–Kier alpha value is -1.38. The van der Waals surface area contributed by atoms with Crippen molar-refractivity contribution in [1.29, 1.82) is 0 Å². The Kier molecular flexibility index (Phi) is 8.35. The molecule has 1 heterocycles. The van der Waals surface area contributed by atoms with E-state index in [1.165, 1.54) is 12.0 Å². The molecule has 1 N–H and O–H groups in total. The zero-order valence-electron chi connectivity index (χ0n) is 20.2. The molecule has 1 aliphatic heterocycles. The summed E-state index contributed by atoms with van der Waals surface area (Å²) in [7, 11) is -0.729. The molecule has 0 aromatic rings. The van der Waals surface area contributed by atoms with Gasteiger partial charge in [0.15, 0.2) is 8.32 Å². The average molecular weight is 444 g/mol. The quantitative estimate of drug-likeness (QED) is 0.362. The molecule has 0 spiro atoms. The number of rotatable bonds is 7. The lowest BCUT2D eigenvalue weighted by atomic mass is 9.73. The standard InChI is InChI=1S/C22H41NO6Si/c1-11-12-22(13-14-28-30(9,10)21(5,6)7)16(24)15-23(17(22)18(25)27-8)19(26)29-20(2,3)4/h11,16-17,24H,1,12-15H2,2-10H3/t16?,17-,22+/m1/s1. The number of esters is 1. The van der Waals surface area contributed by atoms with Crippen LogP contribution in [-0.2, 0) is 18.7 Å². The Balaban J connectivity index is 3.23. The van der Waals surface area contributed by atoms with E-state index in [-0.39, 0.29) is 11.6 Å². The van der Waals surface area contributed by atoms with Crippen molar-refractivity contribution in [3.63, 3.8) is 0 Å². The fourth-order valence-corrected chi connectivity index (χ4v) is 4.62. The predicted molar refractivity (Wildman–Crippen MR) is 120 cm³/mol. The van der Waals surface area contributed by atoms with Gasteiger partial charge in [-0.05, 0) is 51.7 Å². The molecule has 3 atom stereocenters. The van der Waals surface area contributed by atoms with Gasteiger partial charge < -0.3 is 19.0 Å². The van der Waals surface area contributed by atoms with Crippen LogP contribution in [0.5, 0.6) is 0 Å². The second kappa shape index (κ2) is 9.40. The molecule has 30 heavy (non-hydrogen) atoms. The van der Waals surface area contributed by atoms with E-state index in [0.29, 0.717) is 19.4 Å². The average Bonchev–Trinajstić information content (AvgIpc) is 2.85. The van der Waals surface area contributed by atoms with Gasteiger partial charge in [0.05, 0.1) is 19.8 Å². The van der Waals surface area contributed by atoms with E-state index in [9.17, 15) is 14.7 Å². The molecule has 174 valence electrons. The zero-order valence-corrected chi connectivity index (χ0v) is 21.2. The lowest BCUT2D eigenvalue weighted by molar-refractivity contribution is -0.151. The van der Waals surface area contributed by atoms with Crippen LogP contribution >= 0.6 is 0 Å². The normalized spacial score (nSPS) is 25.2. The van der Waals surface area contributed by atoms with E-state index in [1.54, 1.807) is 26.8 Å². The molecule has 0 aromatic carbocycles. The summed E-state index contributed by atoms with van der Waals surface area (Å²) in [5.41, 5.74) is -1.67. The minimum atomic E-state index is -2.01. The van der Waals surface area contributed by atoms with Gasteiger partial charge in [0.25, 0.3) is 0 Å². The number of likely N-dealkylation sites (tertiary alicyclic amines) is 1. The van der Waals surface area contributed by atoms with Crippen LogP contribution in [0.2, 0.25) is 18.1 Å². The van der Waals surface area contributed by atoms with Gasteiger partial charge in [-0.15, -0.1) is 6.58 Å². The molecular formula is C22H41NO6Si. The molecule has 1 amide bonds. The number of nitrogens with zero attached hydrogens (tertiary/aromatic N) is 1. The summed E-state index contributed by atoms with van der Waals surface area (Å²) >= 11 is 0. The third kappa shape index (κ3) is 5.86. The van der Waals surface area contributed by atoms with Crippen LogP contribution in [0.25, 0.3) is 0 Å². The Labute approximate surface area is 182 Å². The van der Waals surface area contributed by atoms with E-state index in [0.717, 1.165) is 0 Å². The van der Waals surface area contributed by atoms with Crippen molar-refractivity contribution < 1.29 is 28.6 Å². The molecule has 0 saturated carbocycles. The number of allylic oxidation sites excluding steroid dienone is 1. The van der Waals surface area contributed by atoms with Crippen LogP contribution in [0.3, 0.4) is 0 Å². The zero-order chi connectivity index (χ0) is 23.5. The van der Waals surface area contributed by atoms with E-state index < -0.39 is 43.5 Å². The molecule has 7 nitrogen and oxygen atoms in total. The number of hydrogen-bond donors (Lipinski definition) is 1. The van der Waals surface area contributed by atoms with Crippen LogP contribution in [0, 0.1) is 5.41 Å². The summed E-state index contributed by atoms with van der Waals surface area (Å²) in [6.07, 6.45) is 0.826. The molecule has 0 aliphatic carbocycles. The highest BCUT2D eigenvalue weighted by Gasteiger charge is 2.59. The third-order valence-electron chi connectivity index (χ3n) is 6.30. The Morgan fingerprint density at radius 3 is 2.23 bits per heavy atom. The summed E-state index contributed by atoms with van der Waals surface area (Å²) < 4.78 is 16.8. The van der Waals surface area contributed by atoms with E-state index >= 15 is 0 Å². The summed E-state index contributed by atoms with van der Waals surface area (Å²) in [5, 5.41) is 11.1. The van der Waals surface area contributed by atoms with Crippen molar-refractivity contribution >= 4 is 20.4 Å². The van der Waals surface area contributed by atoms with Gasteiger partial charge in [-0.1, -0.05) is 26.8 Å². The molecule has 1 saturated heterocycles. The molecule has 0 bridgehead atoms. The molecule has 0 aromatic heterocycles. The van der Waals surface area contributed by atoms with Gasteiger partial charge in [-0.25, -0.2) is 9.59 Å². The van der Waals surface area contributed by atoms with E-state index in [2.05, 4.69) is 40.4 Å². The maximum absolute atomic E-state index is 12.8. The fraction of sp³-hybridized carbons (Fsp3) is 0.818. The van der Waals surface area contributed by atoms with E-state index in [1.807, 2.05) is 0 Å². The van der Waals surface area contributed by atoms with Crippen LogP contribution in [0.15, 0.2) is 12.7 Å². The lowest BCUT2D eigenvalue weighted by Gasteiger charge is -2.40. The number of aliphatic hydroxyl groups excluding tert-OH is 1. The summed E-state index contributed by atoms with van der Waals surface area (Å²) in [5.74, 6) is -0.577. The second-order valence-electron chi connectivity index (χ2n) is 10.7. The molecule has 1 rings (SSSR count). The maximum atomic E-state index is 12.8. The first-order valence-electron chi connectivity index (χ1n) is 10.5. The number of carbonyl (C=O) groups excluding carboxylic acids is 2. The molecular weight excluding hydrogens is 402 g/mol. The van der Waals surface area contributed by atoms with Gasteiger partial charge in [0.2, 0.25) is 0 Å². The maximum Gasteiger partial charge on any atom is 0.411 e. The number of amides is 1. The smallest absolute Gasteiger partial charge is 0.411 e. The molecule has 1 fully saturated rings. The number of methoxy groups -OCH3 is 1. The van der Waals surface area contributed by atoms with Crippen molar-refractivity contribution in [1.82, 2.24) is 4.90 Å². The third-order valence-corrected chi connectivity index (χ3v) is 10.8. The number of hydrogen-bond acceptors (Lipinski definition) is 6. The van der Waals surface area contributed by atoms with Gasteiger partial charge in [-0.3, -0.25) is 4.90 Å². The van der Waals surface area contributed by atoms with Gasteiger partial charge in [-0.2, -0.15) is 0 Å². The van der Waals surface area contributed by atoms with Gasteiger partial charge in [0.1, 0.15) is 11.6 Å². The summed E-state index contributed by atoms with van der Waals surface area (Å²) in [6, 6.07) is -0.978. The van der Waals surface area contributed by atoms with Crippen LogP contribution in [0.4, 0.5) is 4.79 Å². The monoisotopic (exact) mass is 443 g/mol. The Morgan fingerprint density at radius 2 is 1.80 bits per heavy atom. The first-order chi connectivity index (χ1) is 13.5.